The highest BCUT2D eigenvalue weighted by Gasteiger charge is 2.24. The minimum atomic E-state index is 0.345. The predicted molar refractivity (Wildman–Crippen MR) is 168 cm³/mol. The van der Waals surface area contributed by atoms with Crippen molar-refractivity contribution in [1.82, 2.24) is 4.57 Å². The van der Waals surface area contributed by atoms with Gasteiger partial charge in [0.05, 0.1) is 33.2 Å². The Balaban J connectivity index is 1.58. The van der Waals surface area contributed by atoms with E-state index in [4.69, 9.17) is 4.42 Å². The monoisotopic (exact) mass is 535 g/mol. The fraction of sp³-hybridized carbons (Fsp3) is 0. The van der Waals surface area contributed by atoms with Crippen molar-refractivity contribution in [3.8, 4) is 40.1 Å². The Kier molecular flexibility index (Phi) is 5.22. The molecule has 0 N–H and O–H groups in total. The molecule has 0 fully saturated rings. The molecule has 42 heavy (non-hydrogen) atoms. The molecular weight excluding hydrogens is 514 g/mol. The first-order valence-electron chi connectivity index (χ1n) is 13.7. The number of hydrogen-bond donors (Lipinski definition) is 0. The van der Waals surface area contributed by atoms with Crippen LogP contribution in [0.25, 0.3) is 71.7 Å². The molecule has 0 radical (unpaired) electrons. The number of hydrogen-bond acceptors (Lipinski definition) is 3. The van der Waals surface area contributed by atoms with E-state index in [0.717, 1.165) is 54.8 Å². The summed E-state index contributed by atoms with van der Waals surface area (Å²) in [7, 11) is 0. The molecule has 0 aliphatic carbocycles. The second kappa shape index (κ2) is 9.24. The van der Waals surface area contributed by atoms with E-state index in [9.17, 15) is 10.5 Å². The molecule has 194 valence electrons. The lowest BCUT2D eigenvalue weighted by Gasteiger charge is -2.14. The van der Waals surface area contributed by atoms with Gasteiger partial charge < -0.3 is 8.98 Å². The van der Waals surface area contributed by atoms with Crippen LogP contribution in [0.1, 0.15) is 11.1 Å². The van der Waals surface area contributed by atoms with Crippen LogP contribution in [-0.4, -0.2) is 4.57 Å². The molecule has 0 aliphatic heterocycles. The Morgan fingerprint density at radius 1 is 0.500 bits per heavy atom. The van der Waals surface area contributed by atoms with Gasteiger partial charge >= 0.3 is 0 Å². The normalized spacial score (nSPS) is 11.3. The third kappa shape index (κ3) is 3.47. The summed E-state index contributed by atoms with van der Waals surface area (Å²) in [5, 5.41) is 24.3. The van der Waals surface area contributed by atoms with E-state index < -0.39 is 0 Å². The molecule has 4 heteroatoms. The van der Waals surface area contributed by atoms with Crippen LogP contribution in [0.15, 0.2) is 132 Å². The van der Waals surface area contributed by atoms with Gasteiger partial charge in [0.15, 0.2) is 5.58 Å². The average Bonchev–Trinajstić information content (AvgIpc) is 3.60. The van der Waals surface area contributed by atoms with Crippen molar-refractivity contribution in [2.75, 3.05) is 0 Å². The third-order valence-corrected chi connectivity index (χ3v) is 8.07. The molecule has 0 atom stereocenters. The third-order valence-electron chi connectivity index (χ3n) is 8.07. The van der Waals surface area contributed by atoms with Crippen LogP contribution < -0.4 is 0 Å². The first-order valence-corrected chi connectivity index (χ1v) is 13.7. The largest absolute Gasteiger partial charge is 0.455 e. The highest BCUT2D eigenvalue weighted by molar-refractivity contribution is 6.16. The molecule has 0 spiro atoms. The molecule has 2 aromatic heterocycles. The quantitative estimate of drug-likeness (QED) is 0.226. The van der Waals surface area contributed by atoms with Gasteiger partial charge in [0.2, 0.25) is 0 Å². The van der Waals surface area contributed by atoms with E-state index in [-0.39, 0.29) is 0 Å². The van der Waals surface area contributed by atoms with Gasteiger partial charge in [-0.15, -0.1) is 0 Å². The maximum absolute atomic E-state index is 10.5. The number of aromatic nitrogens is 1. The van der Waals surface area contributed by atoms with Gasteiger partial charge in [0.1, 0.15) is 17.7 Å². The van der Waals surface area contributed by atoms with Gasteiger partial charge in [-0.3, -0.25) is 0 Å². The van der Waals surface area contributed by atoms with Crippen LogP contribution in [0, 0.1) is 22.7 Å². The number of fused-ring (bicyclic) bond motifs is 6. The summed E-state index contributed by atoms with van der Waals surface area (Å²) in [6, 6.07) is 47.7. The first kappa shape index (κ1) is 23.8. The van der Waals surface area contributed by atoms with Crippen molar-refractivity contribution < 1.29 is 4.42 Å². The summed E-state index contributed by atoms with van der Waals surface area (Å²) in [6.07, 6.45) is 0. The molecule has 0 saturated carbocycles. The Morgan fingerprint density at radius 2 is 1.05 bits per heavy atom. The standard InChI is InChI=1S/C38H21N3O/c39-22-28-19-29(23-40)38-36(32-13-7-8-14-35(32)42-38)37(28)41-33-20-26(24-9-3-1-4-10-24)15-17-30(33)31-18-16-27(21-34(31)41)25-11-5-2-6-12-25/h1-21H. The van der Waals surface area contributed by atoms with Crippen molar-refractivity contribution in [3.63, 3.8) is 0 Å². The van der Waals surface area contributed by atoms with Gasteiger partial charge in [-0.2, -0.15) is 10.5 Å². The lowest BCUT2D eigenvalue weighted by Crippen LogP contribution is -2.00. The zero-order valence-corrected chi connectivity index (χ0v) is 22.4. The molecule has 0 aliphatic rings. The lowest BCUT2D eigenvalue weighted by molar-refractivity contribution is 0.667. The molecule has 4 nitrogen and oxygen atoms in total. The van der Waals surface area contributed by atoms with Crippen molar-refractivity contribution in [1.29, 1.82) is 10.5 Å². The topological polar surface area (TPSA) is 65.7 Å². The van der Waals surface area contributed by atoms with Gasteiger partial charge in [0.25, 0.3) is 0 Å². The van der Waals surface area contributed by atoms with Crippen molar-refractivity contribution in [3.05, 3.63) is 139 Å². The lowest BCUT2D eigenvalue weighted by atomic mass is 10.0. The minimum Gasteiger partial charge on any atom is -0.455 e. The number of nitriles is 2. The van der Waals surface area contributed by atoms with Gasteiger partial charge in [0, 0.05) is 16.2 Å². The molecule has 0 saturated heterocycles. The summed E-state index contributed by atoms with van der Waals surface area (Å²) in [5.41, 5.74) is 8.97. The van der Waals surface area contributed by atoms with Crippen LogP contribution in [0.3, 0.4) is 0 Å². The Morgan fingerprint density at radius 3 is 1.62 bits per heavy atom. The molecule has 8 rings (SSSR count). The Labute approximate surface area is 241 Å². The Bertz CT molecular complexity index is 2320. The average molecular weight is 536 g/mol. The summed E-state index contributed by atoms with van der Waals surface area (Å²) in [6.45, 7) is 0. The molecule has 0 amide bonds. The number of nitrogens with zero attached hydrogens (tertiary/aromatic N) is 3. The molecule has 2 heterocycles. The van der Waals surface area contributed by atoms with Crippen LogP contribution in [0.2, 0.25) is 0 Å². The number of rotatable bonds is 3. The SMILES string of the molecule is N#Cc1cc(C#N)c2oc3ccccc3c2c1-n1c2cc(-c3ccccc3)ccc2c2ccc(-c3ccccc3)cc21. The van der Waals surface area contributed by atoms with Crippen LogP contribution in [0.5, 0.6) is 0 Å². The number of para-hydroxylation sites is 1. The Hall–Kier alpha value is -6.10. The van der Waals surface area contributed by atoms with E-state index in [0.29, 0.717) is 28.0 Å². The van der Waals surface area contributed by atoms with Crippen molar-refractivity contribution in [2.24, 2.45) is 0 Å². The molecule has 0 bridgehead atoms. The van der Waals surface area contributed by atoms with E-state index >= 15 is 0 Å². The van der Waals surface area contributed by atoms with Gasteiger partial charge in [-0.1, -0.05) is 103 Å². The summed E-state index contributed by atoms with van der Waals surface area (Å²) < 4.78 is 8.47. The van der Waals surface area contributed by atoms with E-state index in [2.05, 4.69) is 77.4 Å². The second-order valence-electron chi connectivity index (χ2n) is 10.4. The molecule has 8 aromatic rings. The predicted octanol–water partition coefficient (Wildman–Crippen LogP) is 9.76. The van der Waals surface area contributed by atoms with Gasteiger partial charge in [-0.05, 0) is 46.5 Å². The maximum Gasteiger partial charge on any atom is 0.155 e. The van der Waals surface area contributed by atoms with E-state index in [1.54, 1.807) is 6.07 Å². The van der Waals surface area contributed by atoms with Crippen LogP contribution >= 0.6 is 0 Å². The summed E-state index contributed by atoms with van der Waals surface area (Å²) in [4.78, 5) is 0. The van der Waals surface area contributed by atoms with Gasteiger partial charge in [-0.25, -0.2) is 0 Å². The molecular formula is C38H21N3O. The fourth-order valence-corrected chi connectivity index (χ4v) is 6.16. The first-order chi connectivity index (χ1) is 20.7. The van der Waals surface area contributed by atoms with Crippen LogP contribution in [-0.2, 0) is 0 Å². The molecule has 6 aromatic carbocycles. The highest BCUT2D eigenvalue weighted by atomic mass is 16.3. The van der Waals surface area contributed by atoms with Crippen molar-refractivity contribution >= 4 is 43.7 Å². The number of benzene rings is 6. The summed E-state index contributed by atoms with van der Waals surface area (Å²) in [5.74, 6) is 0. The van der Waals surface area contributed by atoms with E-state index in [1.807, 2.05) is 60.7 Å². The second-order valence-corrected chi connectivity index (χ2v) is 10.4. The van der Waals surface area contributed by atoms with E-state index in [1.165, 1.54) is 0 Å². The highest BCUT2D eigenvalue weighted by Crippen LogP contribution is 2.43. The summed E-state index contributed by atoms with van der Waals surface area (Å²) >= 11 is 0. The smallest absolute Gasteiger partial charge is 0.155 e. The number of furan rings is 1. The maximum atomic E-state index is 10.5. The van der Waals surface area contributed by atoms with Crippen molar-refractivity contribution in [2.45, 2.75) is 0 Å². The fourth-order valence-electron chi connectivity index (χ4n) is 6.16. The minimum absolute atomic E-state index is 0.345. The zero-order chi connectivity index (χ0) is 28.2. The van der Waals surface area contributed by atoms with Crippen LogP contribution in [0.4, 0.5) is 0 Å². The molecule has 0 unspecified atom stereocenters. The zero-order valence-electron chi connectivity index (χ0n) is 22.4.